The molecule has 0 amide bonds. The van der Waals surface area contributed by atoms with Gasteiger partial charge in [-0.15, -0.1) is 0 Å². The van der Waals surface area contributed by atoms with Gasteiger partial charge in [-0.05, 0) is 23.1 Å². The summed E-state index contributed by atoms with van der Waals surface area (Å²) in [5, 5.41) is 0. The second-order valence-electron chi connectivity index (χ2n) is 4.84. The van der Waals surface area contributed by atoms with Crippen LogP contribution < -0.4 is 0 Å². The molecule has 0 bridgehead atoms. The van der Waals surface area contributed by atoms with E-state index in [4.69, 9.17) is 0 Å². The molecule has 0 unspecified atom stereocenters. The molecule has 102 valence electrons. The molecule has 1 heteroatoms. The van der Waals surface area contributed by atoms with Gasteiger partial charge >= 0.3 is 0 Å². The van der Waals surface area contributed by atoms with Crippen LogP contribution in [0.3, 0.4) is 0 Å². The van der Waals surface area contributed by atoms with E-state index < -0.39 is 0 Å². The van der Waals surface area contributed by atoms with Crippen LogP contribution in [0, 0.1) is 0 Å². The van der Waals surface area contributed by atoms with Crippen molar-refractivity contribution in [1.29, 1.82) is 0 Å². The van der Waals surface area contributed by atoms with Crippen LogP contribution in [0.15, 0.2) is 54.6 Å². The van der Waals surface area contributed by atoms with Gasteiger partial charge in [0, 0.05) is 12.8 Å². The molecule has 0 heterocycles. The lowest BCUT2D eigenvalue weighted by molar-refractivity contribution is -0.118. The number of ketones is 1. The van der Waals surface area contributed by atoms with Crippen molar-refractivity contribution in [2.45, 2.75) is 26.2 Å². The smallest absolute Gasteiger partial charge is 0.132 e. The molecular weight excluding hydrogens is 244 g/mol. The summed E-state index contributed by atoms with van der Waals surface area (Å²) in [6.07, 6.45) is 6.32. The van der Waals surface area contributed by atoms with Gasteiger partial charge in [-0.3, -0.25) is 4.79 Å². The summed E-state index contributed by atoms with van der Waals surface area (Å²) in [6, 6.07) is 18.5. The highest BCUT2D eigenvalue weighted by molar-refractivity contribution is 5.78. The van der Waals surface area contributed by atoms with Gasteiger partial charge in [0.05, 0.1) is 0 Å². The van der Waals surface area contributed by atoms with E-state index in [9.17, 15) is 4.79 Å². The quantitative estimate of drug-likeness (QED) is 0.687. The first-order valence-corrected chi connectivity index (χ1v) is 7.12. The highest BCUT2D eigenvalue weighted by Gasteiger charge is 2.02. The van der Waals surface area contributed by atoms with Crippen molar-refractivity contribution in [2.75, 3.05) is 0 Å². The molecule has 0 fully saturated rings. The number of Topliss-reactive ketones (excluding diaryl/α,β-unsaturated/α-hetero) is 1. The van der Waals surface area contributed by atoms with Crippen LogP contribution in [0.25, 0.3) is 12.2 Å². The summed E-state index contributed by atoms with van der Waals surface area (Å²) in [6.45, 7) is 1.92. The van der Waals surface area contributed by atoms with Gasteiger partial charge < -0.3 is 0 Å². The molecule has 0 spiro atoms. The standard InChI is InChI=1S/C19H20O/c1-2-19(20)15-14-18-11-7-6-10-17(18)13-12-16-8-4-3-5-9-16/h3-13H,2,14-15H2,1H3/b13-12+. The largest absolute Gasteiger partial charge is 0.300 e. The second-order valence-corrected chi connectivity index (χ2v) is 4.84. The lowest BCUT2D eigenvalue weighted by Gasteiger charge is -2.05. The van der Waals surface area contributed by atoms with E-state index in [0.717, 1.165) is 6.42 Å². The van der Waals surface area contributed by atoms with E-state index in [1.807, 2.05) is 37.3 Å². The van der Waals surface area contributed by atoms with Gasteiger partial charge in [0.15, 0.2) is 0 Å². The number of benzene rings is 2. The summed E-state index contributed by atoms with van der Waals surface area (Å²) >= 11 is 0. The molecule has 0 aliphatic heterocycles. The third kappa shape index (κ3) is 4.20. The van der Waals surface area contributed by atoms with Crippen molar-refractivity contribution in [3.63, 3.8) is 0 Å². The Labute approximate surface area is 121 Å². The fraction of sp³-hybridized carbons (Fsp3) is 0.211. The zero-order chi connectivity index (χ0) is 14.2. The minimum absolute atomic E-state index is 0.326. The van der Waals surface area contributed by atoms with Gasteiger partial charge in [0.25, 0.3) is 0 Å². The van der Waals surface area contributed by atoms with Crippen LogP contribution in [0.5, 0.6) is 0 Å². The molecule has 2 rings (SSSR count). The van der Waals surface area contributed by atoms with E-state index in [-0.39, 0.29) is 0 Å². The van der Waals surface area contributed by atoms with Gasteiger partial charge in [0.2, 0.25) is 0 Å². The van der Waals surface area contributed by atoms with Crippen molar-refractivity contribution >= 4 is 17.9 Å². The zero-order valence-corrected chi connectivity index (χ0v) is 11.9. The molecule has 0 aliphatic rings. The van der Waals surface area contributed by atoms with Crippen molar-refractivity contribution in [1.82, 2.24) is 0 Å². The average Bonchev–Trinajstić information content (AvgIpc) is 2.52. The highest BCUT2D eigenvalue weighted by Crippen LogP contribution is 2.15. The van der Waals surface area contributed by atoms with Crippen molar-refractivity contribution in [3.05, 3.63) is 71.3 Å². The molecular formula is C19H20O. The first kappa shape index (κ1) is 14.3. The van der Waals surface area contributed by atoms with Gasteiger partial charge in [-0.25, -0.2) is 0 Å². The fourth-order valence-electron chi connectivity index (χ4n) is 2.13. The van der Waals surface area contributed by atoms with E-state index >= 15 is 0 Å². The summed E-state index contributed by atoms with van der Waals surface area (Å²) < 4.78 is 0. The third-order valence-electron chi connectivity index (χ3n) is 3.38. The Morgan fingerprint density at radius 2 is 1.65 bits per heavy atom. The fourth-order valence-corrected chi connectivity index (χ4v) is 2.13. The van der Waals surface area contributed by atoms with Crippen LogP contribution in [0.1, 0.15) is 36.5 Å². The Balaban J connectivity index is 2.11. The lowest BCUT2D eigenvalue weighted by Crippen LogP contribution is -1.99. The third-order valence-corrected chi connectivity index (χ3v) is 3.38. The number of aryl methyl sites for hydroxylation is 1. The summed E-state index contributed by atoms with van der Waals surface area (Å²) in [5.74, 6) is 0.326. The SMILES string of the molecule is CCC(=O)CCc1ccccc1/C=C/c1ccccc1. The Bertz CT molecular complexity index is 582. The zero-order valence-electron chi connectivity index (χ0n) is 11.9. The number of hydrogen-bond donors (Lipinski definition) is 0. The van der Waals surface area contributed by atoms with Crippen molar-refractivity contribution in [2.24, 2.45) is 0 Å². The first-order chi connectivity index (χ1) is 9.79. The lowest BCUT2D eigenvalue weighted by atomic mass is 10.00. The molecule has 2 aromatic carbocycles. The molecule has 0 saturated carbocycles. The summed E-state index contributed by atoms with van der Waals surface area (Å²) in [4.78, 5) is 11.5. The molecule has 1 nitrogen and oxygen atoms in total. The van der Waals surface area contributed by atoms with Crippen LogP contribution in [0.4, 0.5) is 0 Å². The van der Waals surface area contributed by atoms with Crippen LogP contribution in [-0.2, 0) is 11.2 Å². The average molecular weight is 264 g/mol. The van der Waals surface area contributed by atoms with Gasteiger partial charge in [-0.2, -0.15) is 0 Å². The van der Waals surface area contributed by atoms with E-state index in [1.165, 1.54) is 16.7 Å². The second kappa shape index (κ2) is 7.44. The van der Waals surface area contributed by atoms with E-state index in [1.54, 1.807) is 0 Å². The first-order valence-electron chi connectivity index (χ1n) is 7.12. The molecule has 0 saturated heterocycles. The predicted octanol–water partition coefficient (Wildman–Crippen LogP) is 4.77. The predicted molar refractivity (Wildman–Crippen MR) is 85.4 cm³/mol. The topological polar surface area (TPSA) is 17.1 Å². The molecule has 0 atom stereocenters. The van der Waals surface area contributed by atoms with E-state index in [2.05, 4.69) is 36.4 Å². The summed E-state index contributed by atoms with van der Waals surface area (Å²) in [5.41, 5.74) is 3.62. The Kier molecular flexibility index (Phi) is 5.31. The maximum atomic E-state index is 11.5. The Morgan fingerprint density at radius 1 is 0.950 bits per heavy atom. The molecule has 0 radical (unpaired) electrons. The minimum atomic E-state index is 0.326. The number of rotatable bonds is 6. The Hall–Kier alpha value is -2.15. The monoisotopic (exact) mass is 264 g/mol. The van der Waals surface area contributed by atoms with Gasteiger partial charge in [0.1, 0.15) is 5.78 Å². The highest BCUT2D eigenvalue weighted by atomic mass is 16.1. The number of hydrogen-bond acceptors (Lipinski definition) is 1. The maximum Gasteiger partial charge on any atom is 0.132 e. The van der Waals surface area contributed by atoms with Crippen LogP contribution >= 0.6 is 0 Å². The molecule has 0 N–H and O–H groups in total. The molecule has 0 aliphatic carbocycles. The summed E-state index contributed by atoms with van der Waals surface area (Å²) in [7, 11) is 0. The van der Waals surface area contributed by atoms with Crippen molar-refractivity contribution in [3.8, 4) is 0 Å². The van der Waals surface area contributed by atoms with Crippen LogP contribution in [-0.4, -0.2) is 5.78 Å². The van der Waals surface area contributed by atoms with E-state index in [0.29, 0.717) is 18.6 Å². The van der Waals surface area contributed by atoms with Crippen LogP contribution in [0.2, 0.25) is 0 Å². The number of carbonyl (C=O) groups is 1. The molecule has 20 heavy (non-hydrogen) atoms. The van der Waals surface area contributed by atoms with Crippen molar-refractivity contribution < 1.29 is 4.79 Å². The molecule has 2 aromatic rings. The van der Waals surface area contributed by atoms with Gasteiger partial charge in [-0.1, -0.05) is 73.7 Å². The normalized spacial score (nSPS) is 10.8. The molecule has 0 aromatic heterocycles. The Morgan fingerprint density at radius 3 is 2.40 bits per heavy atom. The number of carbonyl (C=O) groups excluding carboxylic acids is 1. The minimum Gasteiger partial charge on any atom is -0.300 e. The maximum absolute atomic E-state index is 11.5.